The first kappa shape index (κ1) is 45.1. The van der Waals surface area contributed by atoms with Gasteiger partial charge in [-0.2, -0.15) is 0 Å². The van der Waals surface area contributed by atoms with Crippen molar-refractivity contribution in [2.24, 2.45) is 0 Å². The summed E-state index contributed by atoms with van der Waals surface area (Å²) in [4.78, 5) is 42.5. The van der Waals surface area contributed by atoms with E-state index in [9.17, 15) is 19.3 Å². The average Bonchev–Trinajstić information content (AvgIpc) is 3.65. The van der Waals surface area contributed by atoms with Crippen LogP contribution >= 0.6 is 23.5 Å². The van der Waals surface area contributed by atoms with Crippen molar-refractivity contribution in [3.05, 3.63) is 67.8 Å². The molecule has 0 saturated carbocycles. The molecule has 0 amide bonds. The van der Waals surface area contributed by atoms with Gasteiger partial charge in [-0.25, -0.2) is 9.59 Å². The average molecular weight is 828 g/mol. The summed E-state index contributed by atoms with van der Waals surface area (Å²) in [5, 5.41) is 11.3. The van der Waals surface area contributed by atoms with Crippen molar-refractivity contribution >= 4 is 43.5 Å². The summed E-state index contributed by atoms with van der Waals surface area (Å²) in [6, 6.07) is 1.03. The number of hydrogen-bond donors (Lipinski definition) is 3. The van der Waals surface area contributed by atoms with Gasteiger partial charge in [0.25, 0.3) is 0 Å². The van der Waals surface area contributed by atoms with Gasteiger partial charge in [0.05, 0.1) is 27.0 Å². The van der Waals surface area contributed by atoms with Crippen LogP contribution in [0, 0.1) is 13.8 Å². The Morgan fingerprint density at radius 3 is 1.81 bits per heavy atom. The normalized spacial score (nSPS) is 14.1. The van der Waals surface area contributed by atoms with Gasteiger partial charge in [-0.3, -0.25) is 4.57 Å². The molecule has 4 rings (SSSR count). The van der Waals surface area contributed by atoms with Crippen molar-refractivity contribution in [2.45, 2.75) is 99.7 Å². The van der Waals surface area contributed by atoms with Gasteiger partial charge in [0.2, 0.25) is 0 Å². The zero-order valence-corrected chi connectivity index (χ0v) is 34.6. The number of aromatic hydroxyl groups is 1. The molecule has 0 unspecified atom stereocenters. The van der Waals surface area contributed by atoms with Gasteiger partial charge >= 0.3 is 19.5 Å². The van der Waals surface area contributed by atoms with Crippen molar-refractivity contribution in [3.8, 4) is 23.0 Å². The van der Waals surface area contributed by atoms with Crippen molar-refractivity contribution in [2.75, 3.05) is 32.3 Å². The van der Waals surface area contributed by atoms with Crippen molar-refractivity contribution < 1.29 is 52.7 Å². The van der Waals surface area contributed by atoms with Crippen molar-refractivity contribution in [1.29, 1.82) is 0 Å². The molecule has 2 aromatic carbocycles. The maximum atomic E-state index is 12.4. The lowest BCUT2D eigenvalue weighted by atomic mass is 9.94. The number of cyclic esters (lactones) is 2. The lowest BCUT2D eigenvalue weighted by molar-refractivity contribution is 0.0523. The van der Waals surface area contributed by atoms with Crippen LogP contribution in [0.1, 0.15) is 88.2 Å². The molecule has 0 bridgehead atoms. The second-order valence-electron chi connectivity index (χ2n) is 13.8. The molecular weight excluding hydrogens is 771 g/mol. The standard InChI is InChI=1S/C21H31BrO4Si.C16H21O7P.CH4/c1-7-15(12-22)8-9-16-19(24-3)14(2)17-13-26-21(23)18(17)20(16)25-10-11-27(4,5)6;1-4-10(8-24(19,20)21)5-6-11-14(17)13-12(7-23-16(13)18)9(2)15(11)22-3;/h8H,7,9-13H2,1-6H3;5,17H,4,6-8H2,1-3H3,(H2,19,20,21);1H4/b15-8+;10-5+;. The topological polar surface area (TPSA) is 158 Å². The monoisotopic (exact) mass is 826 g/mol. The molecule has 2 aromatic rings. The summed E-state index contributed by atoms with van der Waals surface area (Å²) in [6.45, 7) is 15.7. The van der Waals surface area contributed by atoms with Crippen molar-refractivity contribution in [3.63, 3.8) is 0 Å². The summed E-state index contributed by atoms with van der Waals surface area (Å²) in [5.41, 5.74) is 7.14. The predicted octanol–water partition coefficient (Wildman–Crippen LogP) is 8.74. The number of benzene rings is 2. The van der Waals surface area contributed by atoms with E-state index in [0.29, 0.717) is 65.4 Å². The second kappa shape index (κ2) is 19.3. The van der Waals surface area contributed by atoms with E-state index in [1.54, 1.807) is 27.0 Å². The maximum Gasteiger partial charge on any atom is 0.342 e. The van der Waals surface area contributed by atoms with E-state index in [-0.39, 0.29) is 43.9 Å². The van der Waals surface area contributed by atoms with Gasteiger partial charge in [-0.15, -0.1) is 0 Å². The quantitative estimate of drug-likeness (QED) is 0.0519. The Morgan fingerprint density at radius 2 is 1.33 bits per heavy atom. The SMILES string of the molecule is C.CC/C(=C\Cc1c(O)c2c(c(C)c1OC)COC2=O)CP(=O)(O)O.CC/C(=C\Cc1c(OC)c(C)c2c(c1OCC[Si](C)(C)C)C(=O)OC2)CBr. The minimum Gasteiger partial charge on any atom is -0.507 e. The zero-order chi connectivity index (χ0) is 38.3. The summed E-state index contributed by atoms with van der Waals surface area (Å²) in [7, 11) is -2.26. The number of esters is 2. The Morgan fingerprint density at radius 1 is 0.846 bits per heavy atom. The van der Waals surface area contributed by atoms with E-state index in [1.165, 1.54) is 12.7 Å². The van der Waals surface area contributed by atoms with Crippen molar-refractivity contribution in [1.82, 2.24) is 0 Å². The van der Waals surface area contributed by atoms with E-state index in [0.717, 1.165) is 40.2 Å². The third-order valence-corrected chi connectivity index (χ3v) is 12.3. The Balaban J connectivity index is 0.000000356. The fraction of sp³-hybridized carbons (Fsp3) is 0.526. The summed E-state index contributed by atoms with van der Waals surface area (Å²) in [5.74, 6) is 0.834. The van der Waals surface area contributed by atoms with Gasteiger partial charge in [0.15, 0.2) is 0 Å². The number of allylic oxidation sites excluding steroid dienone is 4. The smallest absolute Gasteiger partial charge is 0.342 e. The number of carbonyl (C=O) groups excluding carboxylic acids is 2. The van der Waals surface area contributed by atoms with Crippen LogP contribution in [0.4, 0.5) is 0 Å². The van der Waals surface area contributed by atoms with Crippen LogP contribution in [0.2, 0.25) is 25.7 Å². The van der Waals surface area contributed by atoms with Gasteiger partial charge in [0.1, 0.15) is 47.3 Å². The molecule has 0 atom stereocenters. The lowest BCUT2D eigenvalue weighted by Crippen LogP contribution is -2.23. The van der Waals surface area contributed by atoms with Crippen LogP contribution in [0.25, 0.3) is 0 Å². The lowest BCUT2D eigenvalue weighted by Gasteiger charge is -2.21. The number of halogens is 1. The van der Waals surface area contributed by atoms with Crippen LogP contribution in [0.5, 0.6) is 23.0 Å². The summed E-state index contributed by atoms with van der Waals surface area (Å²) >= 11 is 3.54. The molecule has 2 heterocycles. The molecule has 11 nitrogen and oxygen atoms in total. The first-order chi connectivity index (χ1) is 23.9. The molecule has 0 saturated heterocycles. The van der Waals surface area contributed by atoms with E-state index in [4.69, 9.17) is 33.5 Å². The molecular formula is C38H56BrO11PSi. The number of phenolic OH excluding ortho intramolecular Hbond substituents is 1. The van der Waals surface area contributed by atoms with Gasteiger partial charge in [0, 0.05) is 35.7 Å². The highest BCUT2D eigenvalue weighted by molar-refractivity contribution is 9.09. The highest BCUT2D eigenvalue weighted by Gasteiger charge is 2.34. The summed E-state index contributed by atoms with van der Waals surface area (Å²) < 4.78 is 38.8. The first-order valence-corrected chi connectivity index (χ1v) is 23.6. The zero-order valence-electron chi connectivity index (χ0n) is 31.2. The second-order valence-corrected chi connectivity index (χ2v) is 21.6. The maximum absolute atomic E-state index is 12.4. The number of rotatable bonds is 15. The molecule has 0 radical (unpaired) electrons. The Bertz CT molecular complexity index is 1730. The molecule has 2 aliphatic heterocycles. The van der Waals surface area contributed by atoms with E-state index >= 15 is 0 Å². The highest BCUT2D eigenvalue weighted by atomic mass is 79.9. The fourth-order valence-electron chi connectivity index (χ4n) is 6.03. The van der Waals surface area contributed by atoms with Crippen LogP contribution in [-0.4, -0.2) is 67.2 Å². The predicted molar refractivity (Wildman–Crippen MR) is 211 cm³/mol. The number of fused-ring (bicyclic) bond motifs is 2. The number of methoxy groups -OCH3 is 2. The molecule has 52 heavy (non-hydrogen) atoms. The molecule has 0 spiro atoms. The van der Waals surface area contributed by atoms with E-state index in [1.807, 2.05) is 6.92 Å². The molecule has 290 valence electrons. The number of hydrogen-bond acceptors (Lipinski definition) is 9. The molecule has 0 aromatic heterocycles. The van der Waals surface area contributed by atoms with Crippen LogP contribution in [0.3, 0.4) is 0 Å². The number of phenols is 1. The van der Waals surface area contributed by atoms with E-state index in [2.05, 4.69) is 48.6 Å². The molecule has 0 aliphatic carbocycles. The van der Waals surface area contributed by atoms with Gasteiger partial charge in [-0.1, -0.05) is 80.1 Å². The number of carbonyl (C=O) groups is 2. The van der Waals surface area contributed by atoms with Crippen LogP contribution in [0.15, 0.2) is 23.3 Å². The molecule has 0 fully saturated rings. The van der Waals surface area contributed by atoms with Gasteiger partial charge < -0.3 is 38.6 Å². The molecule has 14 heteroatoms. The Labute approximate surface area is 318 Å². The minimum atomic E-state index is -4.16. The third kappa shape index (κ3) is 11.0. The molecule has 3 N–H and O–H groups in total. The Kier molecular flexibility index (Phi) is 16.7. The number of ether oxygens (including phenoxy) is 5. The minimum absolute atomic E-state index is 0. The number of alkyl halides is 1. The fourth-order valence-corrected chi connectivity index (χ4v) is 8.25. The molecule has 2 aliphatic rings. The van der Waals surface area contributed by atoms with Crippen LogP contribution in [-0.2, 0) is 40.1 Å². The highest BCUT2D eigenvalue weighted by Crippen LogP contribution is 2.44. The third-order valence-electron chi connectivity index (χ3n) is 9.05. The van der Waals surface area contributed by atoms with E-state index < -0.39 is 21.6 Å². The largest absolute Gasteiger partial charge is 0.507 e. The Hall–Kier alpha value is -3.09. The summed E-state index contributed by atoms with van der Waals surface area (Å²) in [6.07, 6.45) is 5.83. The van der Waals surface area contributed by atoms with Crippen LogP contribution < -0.4 is 14.2 Å². The van der Waals surface area contributed by atoms with Gasteiger partial charge in [-0.05, 0) is 56.7 Å². The first-order valence-electron chi connectivity index (χ1n) is 17.0.